The minimum Gasteiger partial charge on any atom is -0.468 e. The van der Waals surface area contributed by atoms with E-state index >= 15 is 0 Å². The minimum absolute atomic E-state index is 0.00528. The predicted molar refractivity (Wildman–Crippen MR) is 178 cm³/mol. The van der Waals surface area contributed by atoms with Crippen molar-refractivity contribution < 1.29 is 33.4 Å². The molecule has 0 saturated heterocycles. The number of esters is 2. The van der Waals surface area contributed by atoms with Crippen LogP contribution < -0.4 is 32.3 Å². The molecule has 0 heterocycles. The molecule has 0 saturated carbocycles. The monoisotopic (exact) mass is 652 g/mol. The van der Waals surface area contributed by atoms with E-state index in [0.29, 0.717) is 6.16 Å². The van der Waals surface area contributed by atoms with Crippen LogP contribution in [0, 0.1) is 0 Å². The molecule has 12 heteroatoms. The molecule has 2 atom stereocenters. The van der Waals surface area contributed by atoms with Crippen molar-refractivity contribution in [1.29, 1.82) is 0 Å². The molecule has 0 fully saturated rings. The lowest BCUT2D eigenvalue weighted by Gasteiger charge is -2.27. The van der Waals surface area contributed by atoms with E-state index in [-0.39, 0.29) is 30.1 Å². The number of hydrogen-bond acceptors (Lipinski definition) is 9. The van der Waals surface area contributed by atoms with Crippen LogP contribution in [0.25, 0.3) is 0 Å². The Morgan fingerprint density at radius 3 is 1.76 bits per heavy atom. The van der Waals surface area contributed by atoms with Crippen molar-refractivity contribution in [3.05, 3.63) is 91.0 Å². The molecule has 0 aliphatic rings. The van der Waals surface area contributed by atoms with Crippen LogP contribution in [-0.4, -0.2) is 73.6 Å². The quantitative estimate of drug-likeness (QED) is 0.155. The summed E-state index contributed by atoms with van der Waals surface area (Å²) in [6.45, 7) is -0.397. The first kappa shape index (κ1) is 35.4. The zero-order valence-corrected chi connectivity index (χ0v) is 27.1. The maximum atomic E-state index is 13.4. The first-order valence-corrected chi connectivity index (χ1v) is 17.3. The largest absolute Gasteiger partial charge is 0.468 e. The van der Waals surface area contributed by atoms with Gasteiger partial charge in [-0.15, -0.1) is 0 Å². The Kier molecular flexibility index (Phi) is 14.2. The van der Waals surface area contributed by atoms with Gasteiger partial charge < -0.3 is 25.8 Å². The summed E-state index contributed by atoms with van der Waals surface area (Å²) in [4.78, 5) is 62.2. The van der Waals surface area contributed by atoms with Crippen molar-refractivity contribution in [2.45, 2.75) is 31.3 Å². The molecule has 0 aliphatic carbocycles. The van der Waals surface area contributed by atoms with Gasteiger partial charge in [0.05, 0.1) is 26.8 Å². The van der Waals surface area contributed by atoms with Crippen LogP contribution in [0.2, 0.25) is 0 Å². The normalized spacial score (nSPS) is 12.3. The number of benzene rings is 3. The Morgan fingerprint density at radius 1 is 0.778 bits per heavy atom. The van der Waals surface area contributed by atoms with Crippen LogP contribution >= 0.6 is 19.0 Å². The highest BCUT2D eigenvalue weighted by Gasteiger charge is 2.45. The van der Waals surface area contributed by atoms with E-state index in [9.17, 15) is 24.0 Å². The van der Waals surface area contributed by atoms with Gasteiger partial charge in [-0.3, -0.25) is 24.0 Å². The second-order valence-corrected chi connectivity index (χ2v) is 14.7. The molecule has 45 heavy (non-hydrogen) atoms. The number of ether oxygens (including phenoxy) is 2. The Labute approximate surface area is 268 Å². The van der Waals surface area contributed by atoms with Crippen molar-refractivity contribution in [2.24, 2.45) is 5.73 Å². The lowest BCUT2D eigenvalue weighted by atomic mass is 10.1. The summed E-state index contributed by atoms with van der Waals surface area (Å²) in [5, 5.41) is 8.34. The summed E-state index contributed by atoms with van der Waals surface area (Å²) in [6, 6.07) is 28.5. The van der Waals surface area contributed by atoms with E-state index in [2.05, 4.69) is 56.5 Å². The Bertz CT molecular complexity index is 1330. The summed E-state index contributed by atoms with van der Waals surface area (Å²) >= 11 is 0.942. The zero-order valence-electron chi connectivity index (χ0n) is 25.3. The number of carbonyl (C=O) groups excluding carboxylic acids is 5. The maximum Gasteiger partial charge on any atom is 0.325 e. The van der Waals surface area contributed by atoms with E-state index in [1.165, 1.54) is 14.2 Å². The zero-order chi connectivity index (χ0) is 32.7. The van der Waals surface area contributed by atoms with Gasteiger partial charge in [-0.2, -0.15) is 0 Å². The van der Waals surface area contributed by atoms with Crippen molar-refractivity contribution in [1.82, 2.24) is 10.6 Å². The van der Waals surface area contributed by atoms with Crippen LogP contribution in [-0.2, 0) is 33.4 Å². The fourth-order valence-electron chi connectivity index (χ4n) is 4.75. The van der Waals surface area contributed by atoms with E-state index < -0.39 is 49.6 Å². The van der Waals surface area contributed by atoms with Crippen molar-refractivity contribution in [2.75, 3.05) is 32.7 Å². The van der Waals surface area contributed by atoms with Gasteiger partial charge in [-0.05, 0) is 42.8 Å². The number of nitrogens with two attached hydrogens (primary N) is 1. The summed E-state index contributed by atoms with van der Waals surface area (Å²) in [6.07, 6.45) is 0.641. The van der Waals surface area contributed by atoms with Gasteiger partial charge in [0.2, 0.25) is 11.8 Å². The number of thioether (sulfide) groups is 1. The van der Waals surface area contributed by atoms with Crippen LogP contribution in [0.4, 0.5) is 0 Å². The van der Waals surface area contributed by atoms with Gasteiger partial charge in [0, 0.05) is 12.2 Å². The highest BCUT2D eigenvalue weighted by molar-refractivity contribution is 8.13. The topological polar surface area (TPSA) is 154 Å². The SMILES string of the molecule is COC(=O)CNC(=O)C(CSC(=O)CC[P+](c1ccccc1)(c1ccccc1)c1ccccc1)NC(=O)CCC(N)C(=O)OC. The molecule has 0 radical (unpaired) electrons. The smallest absolute Gasteiger partial charge is 0.325 e. The molecule has 3 aromatic carbocycles. The average Bonchev–Trinajstić information content (AvgIpc) is 3.09. The van der Waals surface area contributed by atoms with Crippen molar-refractivity contribution >= 4 is 63.8 Å². The van der Waals surface area contributed by atoms with E-state index in [1.54, 1.807) is 0 Å². The lowest BCUT2D eigenvalue weighted by molar-refractivity contribution is -0.142. The van der Waals surface area contributed by atoms with Crippen molar-refractivity contribution in [3.8, 4) is 0 Å². The third kappa shape index (κ3) is 10.2. The molecule has 0 aromatic heterocycles. The van der Waals surface area contributed by atoms with Gasteiger partial charge in [0.1, 0.15) is 41.8 Å². The number of hydrogen-bond donors (Lipinski definition) is 3. The predicted octanol–water partition coefficient (Wildman–Crippen LogP) is 1.68. The molecule has 238 valence electrons. The summed E-state index contributed by atoms with van der Waals surface area (Å²) in [5.74, 6) is -2.57. The number of methoxy groups -OCH3 is 2. The van der Waals surface area contributed by atoms with Crippen LogP contribution in [0.3, 0.4) is 0 Å². The fraction of sp³-hybridized carbons (Fsp3) is 0.303. The van der Waals surface area contributed by atoms with Crippen LogP contribution in [0.5, 0.6) is 0 Å². The van der Waals surface area contributed by atoms with E-state index in [1.807, 2.05) is 54.6 Å². The van der Waals surface area contributed by atoms with E-state index in [4.69, 9.17) is 5.73 Å². The van der Waals surface area contributed by atoms with Gasteiger partial charge >= 0.3 is 11.9 Å². The van der Waals surface area contributed by atoms with E-state index in [0.717, 1.165) is 27.7 Å². The minimum atomic E-state index is -2.24. The average molecular weight is 653 g/mol. The van der Waals surface area contributed by atoms with Gasteiger partial charge in [-0.25, -0.2) is 0 Å². The molecule has 2 amide bonds. The fourth-order valence-corrected chi connectivity index (χ4v) is 9.99. The Morgan fingerprint density at radius 2 is 1.29 bits per heavy atom. The van der Waals surface area contributed by atoms with Gasteiger partial charge in [0.15, 0.2) is 5.12 Å². The van der Waals surface area contributed by atoms with Crippen molar-refractivity contribution in [3.63, 3.8) is 0 Å². The maximum absolute atomic E-state index is 13.4. The Balaban J connectivity index is 1.77. The second-order valence-electron chi connectivity index (χ2n) is 10.1. The highest BCUT2D eigenvalue weighted by Crippen LogP contribution is 2.55. The second kappa shape index (κ2) is 18.0. The van der Waals surface area contributed by atoms with Crippen LogP contribution in [0.1, 0.15) is 19.3 Å². The lowest BCUT2D eigenvalue weighted by Crippen LogP contribution is -2.49. The Hall–Kier alpha value is -4.05. The number of nitrogens with one attached hydrogen (secondary N) is 2. The summed E-state index contributed by atoms with van der Waals surface area (Å²) < 4.78 is 9.16. The molecule has 3 aromatic rings. The molecule has 0 spiro atoms. The third-order valence-corrected chi connectivity index (χ3v) is 12.6. The standard InChI is InChI=1S/C33H38N3O7PS/c1-42-30(38)22-35-32(40)28(36-29(37)19-18-27(34)33(41)43-2)23-45-31(39)20-21-44(24-12-6-3-7-13-24,25-14-8-4-9-15-25)26-16-10-5-11-17-26/h3-17,27-28H,18-23,34H2,1-2H3,(H-,35,36,37,40)/p+1. The molecule has 0 aliphatic heterocycles. The number of carbonyl (C=O) groups is 5. The third-order valence-electron chi connectivity index (χ3n) is 7.13. The first-order valence-electron chi connectivity index (χ1n) is 14.4. The number of amides is 2. The number of rotatable bonds is 16. The van der Waals surface area contributed by atoms with Crippen LogP contribution in [0.15, 0.2) is 91.0 Å². The highest BCUT2D eigenvalue weighted by atomic mass is 32.2. The summed E-state index contributed by atoms with van der Waals surface area (Å²) in [5.41, 5.74) is 5.72. The molecular weight excluding hydrogens is 613 g/mol. The summed E-state index contributed by atoms with van der Waals surface area (Å²) in [7, 11) is 0.153. The molecule has 2 unspecified atom stereocenters. The molecular formula is C33H39N3O7PS+. The molecule has 10 nitrogen and oxygen atoms in total. The first-order chi connectivity index (χ1) is 21.7. The molecule has 0 bridgehead atoms. The van der Waals surface area contributed by atoms with Gasteiger partial charge in [-0.1, -0.05) is 66.4 Å². The molecule has 3 rings (SSSR count). The molecule has 4 N–H and O–H groups in total. The van der Waals surface area contributed by atoms with Gasteiger partial charge in [0.25, 0.3) is 0 Å².